The zero-order valence-electron chi connectivity index (χ0n) is 15.7. The van der Waals surface area contributed by atoms with Crippen molar-refractivity contribution in [3.05, 3.63) is 24.3 Å². The molecular weight excluding hydrogens is 328 g/mol. The van der Waals surface area contributed by atoms with E-state index in [9.17, 15) is 4.79 Å². The lowest BCUT2D eigenvalue weighted by atomic mass is 9.97. The van der Waals surface area contributed by atoms with Crippen molar-refractivity contribution in [3.63, 3.8) is 0 Å². The molecule has 142 valence electrons. The third-order valence-electron chi connectivity index (χ3n) is 5.16. The monoisotopic (exact) mass is 358 g/mol. The van der Waals surface area contributed by atoms with Gasteiger partial charge in [0.1, 0.15) is 0 Å². The number of nitrogens with one attached hydrogen (secondary N) is 1. The van der Waals surface area contributed by atoms with Crippen LogP contribution in [0.15, 0.2) is 24.3 Å². The predicted molar refractivity (Wildman–Crippen MR) is 104 cm³/mol. The molecule has 1 aliphatic rings. The number of para-hydroxylation sites is 2. The maximum atomic E-state index is 12.5. The molecule has 0 aliphatic carbocycles. The Morgan fingerprint density at radius 2 is 2.15 bits per heavy atom. The number of imidazole rings is 1. The van der Waals surface area contributed by atoms with Crippen LogP contribution in [0, 0.1) is 5.92 Å². The van der Waals surface area contributed by atoms with E-state index in [0.29, 0.717) is 6.54 Å². The van der Waals surface area contributed by atoms with Gasteiger partial charge in [-0.15, -0.1) is 0 Å². The van der Waals surface area contributed by atoms with E-state index in [1.807, 2.05) is 18.2 Å². The van der Waals surface area contributed by atoms with Crippen LogP contribution in [0.2, 0.25) is 0 Å². The van der Waals surface area contributed by atoms with Crippen molar-refractivity contribution in [1.29, 1.82) is 0 Å². The van der Waals surface area contributed by atoms with Crippen LogP contribution >= 0.6 is 0 Å². The summed E-state index contributed by atoms with van der Waals surface area (Å²) < 4.78 is 2.24. The van der Waals surface area contributed by atoms with Crippen molar-refractivity contribution in [3.8, 4) is 0 Å². The number of rotatable bonds is 8. The molecule has 3 rings (SSSR count). The Labute approximate surface area is 155 Å². The van der Waals surface area contributed by atoms with Gasteiger partial charge in [-0.2, -0.15) is 0 Å². The minimum atomic E-state index is 0.0201. The number of carbonyl (C=O) groups excluding carboxylic acids is 1. The Morgan fingerprint density at radius 3 is 2.96 bits per heavy atom. The summed E-state index contributed by atoms with van der Waals surface area (Å²) in [6.07, 6.45) is 4.63. The number of aryl methyl sites for hydroxylation is 1. The van der Waals surface area contributed by atoms with E-state index in [0.717, 1.165) is 68.7 Å². The van der Waals surface area contributed by atoms with Crippen molar-refractivity contribution in [2.24, 2.45) is 5.92 Å². The van der Waals surface area contributed by atoms with Gasteiger partial charge < -0.3 is 19.9 Å². The molecule has 2 aromatic rings. The van der Waals surface area contributed by atoms with Crippen molar-refractivity contribution in [1.82, 2.24) is 14.9 Å². The molecule has 0 spiro atoms. The standard InChI is InChI=1S/C20H30N4O2/c1-2-24-18-11-5-4-10-17(18)22-20(24)23-13-8-9-16(15-23)19(26)21-12-6-3-7-14-25/h4-5,10-11,16,25H,2-3,6-9,12-15H2,1H3,(H,21,26). The van der Waals surface area contributed by atoms with E-state index in [2.05, 4.69) is 27.8 Å². The van der Waals surface area contributed by atoms with Crippen molar-refractivity contribution in [2.75, 3.05) is 31.1 Å². The molecule has 1 fully saturated rings. The minimum Gasteiger partial charge on any atom is -0.396 e. The van der Waals surface area contributed by atoms with Gasteiger partial charge in [0, 0.05) is 32.8 Å². The molecule has 1 unspecified atom stereocenters. The Kier molecular flexibility index (Phi) is 6.50. The molecule has 1 atom stereocenters. The highest BCUT2D eigenvalue weighted by Gasteiger charge is 2.28. The van der Waals surface area contributed by atoms with Gasteiger partial charge >= 0.3 is 0 Å². The smallest absolute Gasteiger partial charge is 0.224 e. The largest absolute Gasteiger partial charge is 0.396 e. The molecule has 2 heterocycles. The zero-order valence-corrected chi connectivity index (χ0v) is 15.7. The number of anilines is 1. The first-order chi connectivity index (χ1) is 12.7. The van der Waals surface area contributed by atoms with Crippen LogP contribution in [0.25, 0.3) is 11.0 Å². The van der Waals surface area contributed by atoms with Gasteiger partial charge in [-0.05, 0) is 51.2 Å². The summed E-state index contributed by atoms with van der Waals surface area (Å²) in [5.74, 6) is 1.15. The third-order valence-corrected chi connectivity index (χ3v) is 5.16. The van der Waals surface area contributed by atoms with Crippen LogP contribution in [0.4, 0.5) is 5.95 Å². The number of piperidine rings is 1. The molecular formula is C20H30N4O2. The second kappa shape index (κ2) is 9.03. The molecule has 6 heteroatoms. The van der Waals surface area contributed by atoms with E-state index in [1.165, 1.54) is 0 Å². The third kappa shape index (κ3) is 4.18. The van der Waals surface area contributed by atoms with Gasteiger partial charge in [0.05, 0.1) is 17.0 Å². The van der Waals surface area contributed by atoms with Crippen molar-refractivity contribution < 1.29 is 9.90 Å². The van der Waals surface area contributed by atoms with Crippen molar-refractivity contribution in [2.45, 2.75) is 45.6 Å². The first-order valence-electron chi connectivity index (χ1n) is 9.83. The quantitative estimate of drug-likeness (QED) is 0.712. The number of amides is 1. The fraction of sp³-hybridized carbons (Fsp3) is 0.600. The normalized spacial score (nSPS) is 17.6. The molecule has 1 amide bonds. The van der Waals surface area contributed by atoms with E-state index < -0.39 is 0 Å². The average molecular weight is 358 g/mol. The van der Waals surface area contributed by atoms with E-state index in [4.69, 9.17) is 10.1 Å². The first-order valence-corrected chi connectivity index (χ1v) is 9.83. The number of hydrogen-bond acceptors (Lipinski definition) is 4. The van der Waals surface area contributed by atoms with Crippen LogP contribution < -0.4 is 10.2 Å². The number of nitrogens with zero attached hydrogens (tertiary/aromatic N) is 3. The lowest BCUT2D eigenvalue weighted by Crippen LogP contribution is -2.44. The summed E-state index contributed by atoms with van der Waals surface area (Å²) in [4.78, 5) is 19.6. The molecule has 1 aromatic heterocycles. The van der Waals surface area contributed by atoms with Gasteiger partial charge in [-0.1, -0.05) is 12.1 Å². The molecule has 1 aromatic carbocycles. The van der Waals surface area contributed by atoms with Gasteiger partial charge in [-0.3, -0.25) is 4.79 Å². The summed E-state index contributed by atoms with van der Waals surface area (Å²) in [6, 6.07) is 8.22. The molecule has 6 nitrogen and oxygen atoms in total. The van der Waals surface area contributed by atoms with Crippen LogP contribution in [-0.2, 0) is 11.3 Å². The van der Waals surface area contributed by atoms with Crippen LogP contribution in [0.5, 0.6) is 0 Å². The average Bonchev–Trinajstić information content (AvgIpc) is 3.06. The summed E-state index contributed by atoms with van der Waals surface area (Å²) in [7, 11) is 0. The fourth-order valence-electron chi connectivity index (χ4n) is 3.76. The highest BCUT2D eigenvalue weighted by atomic mass is 16.2. The topological polar surface area (TPSA) is 70.4 Å². The Balaban J connectivity index is 1.64. The predicted octanol–water partition coefficient (Wildman–Crippen LogP) is 2.55. The number of carbonyl (C=O) groups is 1. The fourth-order valence-corrected chi connectivity index (χ4v) is 3.76. The molecule has 0 bridgehead atoms. The number of benzene rings is 1. The van der Waals surface area contributed by atoms with Crippen LogP contribution in [0.3, 0.4) is 0 Å². The number of hydrogen-bond donors (Lipinski definition) is 2. The van der Waals surface area contributed by atoms with Crippen LogP contribution in [-0.4, -0.2) is 46.8 Å². The molecule has 26 heavy (non-hydrogen) atoms. The SMILES string of the molecule is CCn1c(N2CCCC(C(=O)NCCCCCO)C2)nc2ccccc21. The summed E-state index contributed by atoms with van der Waals surface area (Å²) in [6.45, 7) is 5.61. The molecule has 0 radical (unpaired) electrons. The van der Waals surface area contributed by atoms with E-state index >= 15 is 0 Å². The van der Waals surface area contributed by atoms with Crippen LogP contribution in [0.1, 0.15) is 39.0 Å². The second-order valence-electron chi connectivity index (χ2n) is 7.01. The molecule has 2 N–H and O–H groups in total. The van der Waals surface area contributed by atoms with Crippen molar-refractivity contribution >= 4 is 22.9 Å². The summed E-state index contributed by atoms with van der Waals surface area (Å²) in [5.41, 5.74) is 2.17. The molecule has 0 saturated carbocycles. The number of unbranched alkanes of at least 4 members (excludes halogenated alkanes) is 2. The highest BCUT2D eigenvalue weighted by molar-refractivity contribution is 5.81. The summed E-state index contributed by atoms with van der Waals surface area (Å²) in [5, 5.41) is 11.9. The Hall–Kier alpha value is -2.08. The lowest BCUT2D eigenvalue weighted by Gasteiger charge is -2.33. The Morgan fingerprint density at radius 1 is 1.31 bits per heavy atom. The number of aliphatic hydroxyl groups excluding tert-OH is 1. The van der Waals surface area contributed by atoms with Gasteiger partial charge in [0.15, 0.2) is 0 Å². The highest BCUT2D eigenvalue weighted by Crippen LogP contribution is 2.27. The van der Waals surface area contributed by atoms with E-state index in [-0.39, 0.29) is 18.4 Å². The molecule has 1 aliphatic heterocycles. The number of aromatic nitrogens is 2. The van der Waals surface area contributed by atoms with E-state index in [1.54, 1.807) is 0 Å². The second-order valence-corrected chi connectivity index (χ2v) is 7.01. The Bertz CT molecular complexity index is 728. The van der Waals surface area contributed by atoms with Gasteiger partial charge in [-0.25, -0.2) is 4.98 Å². The molecule has 1 saturated heterocycles. The number of fused-ring (bicyclic) bond motifs is 1. The van der Waals surface area contributed by atoms with Gasteiger partial charge in [0.2, 0.25) is 11.9 Å². The minimum absolute atomic E-state index is 0.0201. The summed E-state index contributed by atoms with van der Waals surface area (Å²) >= 11 is 0. The lowest BCUT2D eigenvalue weighted by molar-refractivity contribution is -0.125. The maximum Gasteiger partial charge on any atom is 0.224 e. The zero-order chi connectivity index (χ0) is 18.4. The maximum absolute atomic E-state index is 12.5. The van der Waals surface area contributed by atoms with Gasteiger partial charge in [0.25, 0.3) is 0 Å². The first kappa shape index (κ1) is 18.7. The number of aliphatic hydroxyl groups is 1.